The van der Waals surface area contributed by atoms with Gasteiger partial charge < -0.3 is 10.2 Å². The van der Waals surface area contributed by atoms with Crippen molar-refractivity contribution in [2.75, 3.05) is 11.4 Å². The summed E-state index contributed by atoms with van der Waals surface area (Å²) in [4.78, 5) is 23.3. The normalized spacial score (nSPS) is 14.5. The van der Waals surface area contributed by atoms with Crippen molar-refractivity contribution in [1.82, 2.24) is 15.3 Å². The number of nitrogens with zero attached hydrogens (tertiary/aromatic N) is 3. The van der Waals surface area contributed by atoms with E-state index in [-0.39, 0.29) is 11.9 Å². The van der Waals surface area contributed by atoms with Gasteiger partial charge in [-0.05, 0) is 38.3 Å². The maximum absolute atomic E-state index is 12.4. The van der Waals surface area contributed by atoms with Gasteiger partial charge in [-0.2, -0.15) is 0 Å². The largest absolute Gasteiger partial charge is 0.348 e. The average Bonchev–Trinajstić information content (AvgIpc) is 2.98. The topological polar surface area (TPSA) is 58.1 Å². The van der Waals surface area contributed by atoms with Gasteiger partial charge in [-0.1, -0.05) is 25.1 Å². The van der Waals surface area contributed by atoms with Crippen LogP contribution in [0.2, 0.25) is 0 Å². The fraction of sp³-hybridized carbons (Fsp3) is 0.389. The summed E-state index contributed by atoms with van der Waals surface area (Å²) in [5, 5.41) is 2.96. The first-order valence-corrected chi connectivity index (χ1v) is 8.10. The monoisotopic (exact) mass is 310 g/mol. The van der Waals surface area contributed by atoms with Crippen molar-refractivity contribution in [3.05, 3.63) is 47.4 Å². The molecule has 120 valence electrons. The summed E-state index contributed by atoms with van der Waals surface area (Å²) >= 11 is 0. The number of carbonyl (C=O) groups excluding carboxylic acids is 1. The number of fused-ring (bicyclic) bond motifs is 1. The van der Waals surface area contributed by atoms with Gasteiger partial charge in [0.05, 0.1) is 0 Å². The number of benzene rings is 1. The molecular weight excluding hydrogens is 288 g/mol. The van der Waals surface area contributed by atoms with E-state index >= 15 is 0 Å². The van der Waals surface area contributed by atoms with E-state index in [0.29, 0.717) is 11.5 Å². The molecular formula is C18H22N4O. The SMILES string of the molecule is CCC(C)NC(=O)c1cc(N2CCc3ccccc32)nc(C)n1. The number of rotatable bonds is 4. The molecule has 3 rings (SSSR count). The summed E-state index contributed by atoms with van der Waals surface area (Å²) < 4.78 is 0. The molecule has 2 aromatic rings. The summed E-state index contributed by atoms with van der Waals surface area (Å²) in [6.45, 7) is 6.74. The third-order valence-corrected chi connectivity index (χ3v) is 4.21. The van der Waals surface area contributed by atoms with E-state index in [1.54, 1.807) is 6.07 Å². The number of para-hydroxylation sites is 1. The van der Waals surface area contributed by atoms with Gasteiger partial charge in [0.1, 0.15) is 17.3 Å². The molecule has 0 fully saturated rings. The fourth-order valence-electron chi connectivity index (χ4n) is 2.78. The second-order valence-electron chi connectivity index (χ2n) is 5.97. The number of carbonyl (C=O) groups is 1. The Morgan fingerprint density at radius 2 is 2.13 bits per heavy atom. The highest BCUT2D eigenvalue weighted by Crippen LogP contribution is 2.33. The first-order valence-electron chi connectivity index (χ1n) is 8.10. The van der Waals surface area contributed by atoms with E-state index in [2.05, 4.69) is 38.4 Å². The lowest BCUT2D eigenvalue weighted by molar-refractivity contribution is 0.0934. The highest BCUT2D eigenvalue weighted by molar-refractivity contribution is 5.93. The number of aromatic nitrogens is 2. The maximum atomic E-state index is 12.4. The van der Waals surface area contributed by atoms with Crippen molar-refractivity contribution in [3.63, 3.8) is 0 Å². The minimum Gasteiger partial charge on any atom is -0.348 e. The molecule has 1 aromatic heterocycles. The van der Waals surface area contributed by atoms with Crippen LogP contribution in [0.4, 0.5) is 11.5 Å². The Balaban J connectivity index is 1.91. The number of anilines is 2. The molecule has 2 heterocycles. The molecule has 1 aliphatic heterocycles. The van der Waals surface area contributed by atoms with Gasteiger partial charge in [0.2, 0.25) is 0 Å². The Hall–Kier alpha value is -2.43. The number of nitrogens with one attached hydrogen (secondary N) is 1. The average molecular weight is 310 g/mol. The lowest BCUT2D eigenvalue weighted by Gasteiger charge is -2.19. The van der Waals surface area contributed by atoms with Gasteiger partial charge in [0.25, 0.3) is 5.91 Å². The zero-order chi connectivity index (χ0) is 16.4. The Labute approximate surface area is 136 Å². The number of hydrogen-bond donors (Lipinski definition) is 1. The van der Waals surface area contributed by atoms with Crippen molar-refractivity contribution in [2.24, 2.45) is 0 Å². The molecule has 0 bridgehead atoms. The number of amides is 1. The quantitative estimate of drug-likeness (QED) is 0.943. The van der Waals surface area contributed by atoms with Crippen LogP contribution >= 0.6 is 0 Å². The standard InChI is InChI=1S/C18H22N4O/c1-4-12(2)19-18(23)15-11-17(21-13(3)20-15)22-10-9-14-7-5-6-8-16(14)22/h5-8,11-12H,4,9-10H2,1-3H3,(H,19,23). The zero-order valence-corrected chi connectivity index (χ0v) is 13.8. The molecule has 0 spiro atoms. The Morgan fingerprint density at radius 1 is 1.35 bits per heavy atom. The number of aryl methyl sites for hydroxylation is 1. The lowest BCUT2D eigenvalue weighted by atomic mass is 10.2. The van der Waals surface area contributed by atoms with Gasteiger partial charge in [0, 0.05) is 24.3 Å². The summed E-state index contributed by atoms with van der Waals surface area (Å²) in [6.07, 6.45) is 1.88. The minimum atomic E-state index is -0.140. The van der Waals surface area contributed by atoms with E-state index < -0.39 is 0 Å². The van der Waals surface area contributed by atoms with Crippen LogP contribution in [0.15, 0.2) is 30.3 Å². The second-order valence-corrected chi connectivity index (χ2v) is 5.97. The van der Waals surface area contributed by atoms with Crippen LogP contribution in [-0.4, -0.2) is 28.5 Å². The molecule has 1 amide bonds. The molecule has 5 heteroatoms. The smallest absolute Gasteiger partial charge is 0.270 e. The first kappa shape index (κ1) is 15.5. The summed E-state index contributed by atoms with van der Waals surface area (Å²) in [7, 11) is 0. The van der Waals surface area contributed by atoms with Crippen molar-refractivity contribution in [1.29, 1.82) is 0 Å². The van der Waals surface area contributed by atoms with Crippen molar-refractivity contribution < 1.29 is 4.79 Å². The van der Waals surface area contributed by atoms with Gasteiger partial charge in [-0.15, -0.1) is 0 Å². The van der Waals surface area contributed by atoms with Crippen molar-refractivity contribution in [2.45, 2.75) is 39.7 Å². The Bertz CT molecular complexity index is 729. The third-order valence-electron chi connectivity index (χ3n) is 4.21. The van der Waals surface area contributed by atoms with Crippen LogP contribution in [0.3, 0.4) is 0 Å². The van der Waals surface area contributed by atoms with Gasteiger partial charge in [-0.3, -0.25) is 4.79 Å². The molecule has 5 nitrogen and oxygen atoms in total. The fourth-order valence-corrected chi connectivity index (χ4v) is 2.78. The van der Waals surface area contributed by atoms with E-state index in [9.17, 15) is 4.79 Å². The highest BCUT2D eigenvalue weighted by atomic mass is 16.1. The lowest BCUT2D eigenvalue weighted by Crippen LogP contribution is -2.33. The highest BCUT2D eigenvalue weighted by Gasteiger charge is 2.22. The molecule has 1 unspecified atom stereocenters. The van der Waals surface area contributed by atoms with Crippen LogP contribution in [0, 0.1) is 6.92 Å². The van der Waals surface area contributed by atoms with Crippen LogP contribution in [0.5, 0.6) is 0 Å². The molecule has 1 atom stereocenters. The van der Waals surface area contributed by atoms with E-state index in [0.717, 1.165) is 25.2 Å². The molecule has 0 radical (unpaired) electrons. The van der Waals surface area contributed by atoms with Crippen molar-refractivity contribution in [3.8, 4) is 0 Å². The molecule has 23 heavy (non-hydrogen) atoms. The van der Waals surface area contributed by atoms with E-state index in [4.69, 9.17) is 0 Å². The zero-order valence-electron chi connectivity index (χ0n) is 13.8. The molecule has 1 aliphatic rings. The summed E-state index contributed by atoms with van der Waals surface area (Å²) in [6, 6.07) is 10.2. The minimum absolute atomic E-state index is 0.133. The van der Waals surface area contributed by atoms with Gasteiger partial charge in [0.15, 0.2) is 0 Å². The third kappa shape index (κ3) is 3.18. The molecule has 1 N–H and O–H groups in total. The Kier molecular flexibility index (Phi) is 4.28. The number of hydrogen-bond acceptors (Lipinski definition) is 4. The van der Waals surface area contributed by atoms with Crippen LogP contribution < -0.4 is 10.2 Å². The predicted molar refractivity (Wildman–Crippen MR) is 91.1 cm³/mol. The van der Waals surface area contributed by atoms with E-state index in [1.165, 1.54) is 11.3 Å². The van der Waals surface area contributed by atoms with Crippen LogP contribution in [-0.2, 0) is 6.42 Å². The summed E-state index contributed by atoms with van der Waals surface area (Å²) in [5.74, 6) is 1.26. The first-order chi connectivity index (χ1) is 11.1. The van der Waals surface area contributed by atoms with Gasteiger partial charge in [-0.25, -0.2) is 9.97 Å². The molecule has 1 aromatic carbocycles. The molecule has 0 saturated heterocycles. The summed E-state index contributed by atoms with van der Waals surface area (Å²) in [5.41, 5.74) is 2.91. The predicted octanol–water partition coefficient (Wildman–Crippen LogP) is 3.01. The molecule has 0 saturated carbocycles. The van der Waals surface area contributed by atoms with E-state index in [1.807, 2.05) is 26.8 Å². The van der Waals surface area contributed by atoms with Crippen molar-refractivity contribution >= 4 is 17.4 Å². The maximum Gasteiger partial charge on any atom is 0.270 e. The molecule has 0 aliphatic carbocycles. The van der Waals surface area contributed by atoms with Crippen LogP contribution in [0.1, 0.15) is 42.1 Å². The second kappa shape index (κ2) is 6.36. The van der Waals surface area contributed by atoms with Gasteiger partial charge >= 0.3 is 0 Å². The van der Waals surface area contributed by atoms with Crippen LogP contribution in [0.25, 0.3) is 0 Å². The Morgan fingerprint density at radius 3 is 2.91 bits per heavy atom.